The van der Waals surface area contributed by atoms with Crippen molar-refractivity contribution < 1.29 is 9.59 Å². The lowest BCUT2D eigenvalue weighted by molar-refractivity contribution is -0.123. The summed E-state index contributed by atoms with van der Waals surface area (Å²) >= 11 is 0. The monoisotopic (exact) mass is 468 g/mol. The number of carbonyl (C=O) groups is 2. The first-order valence-electron chi connectivity index (χ1n) is 13.4. The number of carbonyl (C=O) groups excluding carboxylic acids is 2. The number of rotatable bonds is 3. The highest BCUT2D eigenvalue weighted by Gasteiger charge is 2.59. The van der Waals surface area contributed by atoms with E-state index in [1.54, 1.807) is 0 Å². The maximum absolute atomic E-state index is 13.9. The van der Waals surface area contributed by atoms with E-state index in [2.05, 4.69) is 25.2 Å². The topological polar surface area (TPSA) is 49.4 Å². The Morgan fingerprint density at radius 3 is 2.34 bits per heavy atom. The number of para-hydroxylation sites is 2. The second-order valence-electron chi connectivity index (χ2n) is 11.8. The fourth-order valence-corrected chi connectivity index (χ4v) is 8.39. The maximum Gasteiger partial charge on any atom is 0.263 e. The third-order valence-corrected chi connectivity index (χ3v) is 10.0. The van der Waals surface area contributed by atoms with Gasteiger partial charge in [-0.3, -0.25) is 9.59 Å². The van der Waals surface area contributed by atoms with E-state index < -0.39 is 0 Å². The molecule has 1 heterocycles. The van der Waals surface area contributed by atoms with E-state index in [9.17, 15) is 9.59 Å². The van der Waals surface area contributed by atoms with Gasteiger partial charge in [-0.2, -0.15) is 0 Å². The molecule has 0 radical (unpaired) electrons. The quantitative estimate of drug-likeness (QED) is 0.516. The molecule has 3 fully saturated rings. The highest BCUT2D eigenvalue weighted by molar-refractivity contribution is 6.27. The number of anilines is 2. The van der Waals surface area contributed by atoms with E-state index in [1.807, 2.05) is 65.6 Å². The van der Waals surface area contributed by atoms with Crippen LogP contribution in [0, 0.1) is 28.6 Å². The molecule has 6 atom stereocenters. The maximum atomic E-state index is 13.9. The Morgan fingerprint density at radius 1 is 0.886 bits per heavy atom. The average molecular weight is 469 g/mol. The molecule has 1 N–H and O–H groups in total. The summed E-state index contributed by atoms with van der Waals surface area (Å²) in [5, 5.41) is 2.99. The predicted octanol–water partition coefficient (Wildman–Crippen LogP) is 6.60. The first-order valence-corrected chi connectivity index (χ1v) is 13.4. The summed E-state index contributed by atoms with van der Waals surface area (Å²) in [4.78, 5) is 29.4. The van der Waals surface area contributed by atoms with Crippen LogP contribution in [0.1, 0.15) is 58.8 Å². The minimum Gasteiger partial charge on any atom is -0.322 e. The van der Waals surface area contributed by atoms with Crippen LogP contribution in [0.4, 0.5) is 11.4 Å². The minimum atomic E-state index is -0.301. The molecule has 6 rings (SSSR count). The predicted molar refractivity (Wildman–Crippen MR) is 140 cm³/mol. The number of benzene rings is 2. The van der Waals surface area contributed by atoms with Crippen molar-refractivity contribution in [2.75, 3.05) is 10.2 Å². The Hall–Kier alpha value is -2.88. The lowest BCUT2D eigenvalue weighted by Gasteiger charge is -2.60. The molecule has 1 unspecified atom stereocenters. The van der Waals surface area contributed by atoms with Gasteiger partial charge >= 0.3 is 0 Å². The van der Waals surface area contributed by atoms with Crippen molar-refractivity contribution in [3.8, 4) is 0 Å². The van der Waals surface area contributed by atoms with Crippen LogP contribution in [-0.2, 0) is 9.59 Å². The molecule has 2 aromatic rings. The Bertz CT molecular complexity index is 1160. The molecule has 1 aliphatic heterocycles. The Morgan fingerprint density at radius 2 is 1.60 bits per heavy atom. The number of hydrogen-bond acceptors (Lipinski definition) is 2. The van der Waals surface area contributed by atoms with Gasteiger partial charge in [0.15, 0.2) is 0 Å². The summed E-state index contributed by atoms with van der Waals surface area (Å²) in [5.41, 5.74) is 2.15. The van der Waals surface area contributed by atoms with Crippen LogP contribution in [0.2, 0.25) is 0 Å². The molecule has 0 bridgehead atoms. The molecule has 3 aliphatic carbocycles. The second kappa shape index (κ2) is 8.36. The first-order chi connectivity index (χ1) is 16.9. The van der Waals surface area contributed by atoms with E-state index in [0.717, 1.165) is 18.0 Å². The third-order valence-electron chi connectivity index (χ3n) is 10.0. The molecule has 2 aromatic carbocycles. The van der Waals surface area contributed by atoms with Crippen LogP contribution in [0.5, 0.6) is 0 Å². The van der Waals surface area contributed by atoms with Gasteiger partial charge in [-0.05, 0) is 86.0 Å². The summed E-state index contributed by atoms with van der Waals surface area (Å²) in [6.45, 7) is 4.86. The number of nitrogens with one attached hydrogen (secondary N) is 1. The number of amides is 2. The highest BCUT2D eigenvalue weighted by Crippen LogP contribution is 2.64. The number of hydrogen-bond donors (Lipinski definition) is 1. The average Bonchev–Trinajstić information content (AvgIpc) is 3.27. The molecular formula is C31H36N2O2. The molecule has 4 nitrogen and oxygen atoms in total. The zero-order valence-corrected chi connectivity index (χ0v) is 20.9. The van der Waals surface area contributed by atoms with Gasteiger partial charge in [0.25, 0.3) is 11.8 Å². The van der Waals surface area contributed by atoms with Crippen molar-refractivity contribution in [1.29, 1.82) is 0 Å². The van der Waals surface area contributed by atoms with E-state index >= 15 is 0 Å². The van der Waals surface area contributed by atoms with E-state index in [4.69, 9.17) is 0 Å². The van der Waals surface area contributed by atoms with Crippen LogP contribution < -0.4 is 10.2 Å². The first kappa shape index (κ1) is 22.6. The normalized spacial score (nSPS) is 36.0. The van der Waals surface area contributed by atoms with E-state index in [1.165, 1.54) is 38.5 Å². The molecule has 182 valence electrons. The fourth-order valence-electron chi connectivity index (χ4n) is 8.39. The third kappa shape index (κ3) is 3.56. The molecule has 0 saturated heterocycles. The van der Waals surface area contributed by atoms with Crippen LogP contribution in [0.25, 0.3) is 0 Å². The van der Waals surface area contributed by atoms with Crippen molar-refractivity contribution in [2.24, 2.45) is 28.6 Å². The molecule has 4 heteroatoms. The lowest BCUT2D eigenvalue weighted by atomic mass is 9.48. The van der Waals surface area contributed by atoms with Crippen LogP contribution in [0.15, 0.2) is 72.3 Å². The highest BCUT2D eigenvalue weighted by atomic mass is 16.2. The van der Waals surface area contributed by atoms with Crippen molar-refractivity contribution in [3.05, 3.63) is 72.3 Å². The van der Waals surface area contributed by atoms with Crippen molar-refractivity contribution in [2.45, 2.75) is 64.8 Å². The van der Waals surface area contributed by atoms with Crippen molar-refractivity contribution in [1.82, 2.24) is 0 Å². The summed E-state index contributed by atoms with van der Waals surface area (Å²) in [7, 11) is 0. The molecule has 3 saturated carbocycles. The minimum absolute atomic E-state index is 0.0812. The zero-order valence-electron chi connectivity index (χ0n) is 20.9. The Kier molecular flexibility index (Phi) is 5.39. The SMILES string of the molecule is C[C@@]12CCC[C@H]1[C@@H]1CCC3N(c4ccccc4)C(=O)C(C(=O)Nc4ccccc4)=C[C@]3(C)[C@@H]1CC2. The fraction of sp³-hybridized carbons (Fsp3) is 0.484. The Labute approximate surface area is 208 Å². The van der Waals surface area contributed by atoms with E-state index in [0.29, 0.717) is 22.9 Å². The van der Waals surface area contributed by atoms with Crippen molar-refractivity contribution in [3.63, 3.8) is 0 Å². The van der Waals surface area contributed by atoms with Gasteiger partial charge in [0, 0.05) is 22.8 Å². The largest absolute Gasteiger partial charge is 0.322 e. The lowest BCUT2D eigenvalue weighted by Crippen LogP contribution is -2.62. The van der Waals surface area contributed by atoms with Gasteiger partial charge in [-0.25, -0.2) is 0 Å². The van der Waals surface area contributed by atoms with Gasteiger partial charge < -0.3 is 10.2 Å². The van der Waals surface area contributed by atoms with Gasteiger partial charge in [-0.15, -0.1) is 0 Å². The van der Waals surface area contributed by atoms with Gasteiger partial charge in [0.1, 0.15) is 5.57 Å². The van der Waals surface area contributed by atoms with Crippen LogP contribution >= 0.6 is 0 Å². The summed E-state index contributed by atoms with van der Waals surface area (Å²) in [6.07, 6.45) is 10.8. The molecule has 4 aliphatic rings. The molecule has 2 amide bonds. The van der Waals surface area contributed by atoms with Crippen molar-refractivity contribution >= 4 is 23.2 Å². The smallest absolute Gasteiger partial charge is 0.263 e. The molecule has 0 aromatic heterocycles. The zero-order chi connectivity index (χ0) is 24.2. The second-order valence-corrected chi connectivity index (χ2v) is 11.8. The molecule has 0 spiro atoms. The molecule has 35 heavy (non-hydrogen) atoms. The van der Waals surface area contributed by atoms with E-state index in [-0.39, 0.29) is 28.8 Å². The number of nitrogens with zero attached hydrogens (tertiary/aromatic N) is 1. The summed E-state index contributed by atoms with van der Waals surface area (Å²) in [5.74, 6) is 1.48. The van der Waals surface area contributed by atoms with Crippen LogP contribution in [0.3, 0.4) is 0 Å². The van der Waals surface area contributed by atoms with Gasteiger partial charge in [-0.1, -0.05) is 62.7 Å². The summed E-state index contributed by atoms with van der Waals surface area (Å²) in [6, 6.07) is 19.5. The van der Waals surface area contributed by atoms with Gasteiger partial charge in [0.05, 0.1) is 0 Å². The standard InChI is InChI=1S/C31H36N2O2/c1-30-18-9-14-25(30)23-15-16-27-31(2,26(23)17-19-30)20-24(28(34)32-21-10-5-3-6-11-21)29(35)33(27)22-12-7-4-8-13-22/h3-8,10-13,20,23,25-27H,9,14-19H2,1-2H3,(H,32,34)/t23-,25-,26+,27?,30-,31+/m0/s1. The molecular weight excluding hydrogens is 432 g/mol. The number of fused-ring (bicyclic) bond motifs is 5. The summed E-state index contributed by atoms with van der Waals surface area (Å²) < 4.78 is 0. The van der Waals surface area contributed by atoms with Crippen LogP contribution in [-0.4, -0.2) is 17.9 Å². The Balaban J connectivity index is 1.42. The van der Waals surface area contributed by atoms with Gasteiger partial charge in [0.2, 0.25) is 0 Å².